The second-order valence-corrected chi connectivity index (χ2v) is 6.74. The SMILES string of the molecule is C=COCCC12CC3CC(O)(CC(O)(C3)C1)C2. The summed E-state index contributed by atoms with van der Waals surface area (Å²) in [7, 11) is 0. The topological polar surface area (TPSA) is 49.7 Å². The van der Waals surface area contributed by atoms with Gasteiger partial charge in [-0.3, -0.25) is 0 Å². The van der Waals surface area contributed by atoms with Gasteiger partial charge in [0.25, 0.3) is 0 Å². The van der Waals surface area contributed by atoms with Gasteiger partial charge in [0.1, 0.15) is 0 Å². The molecule has 0 heterocycles. The Morgan fingerprint density at radius 1 is 1.12 bits per heavy atom. The Bertz CT molecular complexity index is 320. The van der Waals surface area contributed by atoms with Crippen molar-refractivity contribution in [3.8, 4) is 0 Å². The van der Waals surface area contributed by atoms with Crippen LogP contribution in [0.1, 0.15) is 44.9 Å². The van der Waals surface area contributed by atoms with Crippen molar-refractivity contribution < 1.29 is 14.9 Å². The summed E-state index contributed by atoms with van der Waals surface area (Å²) >= 11 is 0. The smallest absolute Gasteiger partial charge is 0.0878 e. The molecule has 4 rings (SSSR count). The Balaban J connectivity index is 1.79. The van der Waals surface area contributed by atoms with E-state index < -0.39 is 11.2 Å². The highest BCUT2D eigenvalue weighted by molar-refractivity contribution is 5.14. The summed E-state index contributed by atoms with van der Waals surface area (Å²) in [6.45, 7) is 4.21. The van der Waals surface area contributed by atoms with Gasteiger partial charge in [0, 0.05) is 6.42 Å². The molecule has 4 fully saturated rings. The first-order valence-electron chi connectivity index (χ1n) is 6.64. The van der Waals surface area contributed by atoms with Crippen molar-refractivity contribution in [2.45, 2.75) is 56.1 Å². The third-order valence-electron chi connectivity index (χ3n) is 4.99. The minimum atomic E-state index is -0.609. The van der Waals surface area contributed by atoms with Crippen LogP contribution in [0.3, 0.4) is 0 Å². The predicted molar refractivity (Wildman–Crippen MR) is 64.3 cm³/mol. The maximum absolute atomic E-state index is 10.6. The van der Waals surface area contributed by atoms with Gasteiger partial charge in [-0.25, -0.2) is 0 Å². The van der Waals surface area contributed by atoms with Crippen molar-refractivity contribution in [1.29, 1.82) is 0 Å². The molecule has 0 amide bonds. The fraction of sp³-hybridized carbons (Fsp3) is 0.857. The van der Waals surface area contributed by atoms with Gasteiger partial charge in [0.05, 0.1) is 24.1 Å². The molecular weight excluding hydrogens is 216 g/mol. The van der Waals surface area contributed by atoms with Crippen LogP contribution in [0.25, 0.3) is 0 Å². The number of aliphatic hydroxyl groups is 2. The van der Waals surface area contributed by atoms with Crippen LogP contribution in [0.4, 0.5) is 0 Å². The van der Waals surface area contributed by atoms with Gasteiger partial charge in [0.15, 0.2) is 0 Å². The molecule has 0 aromatic carbocycles. The minimum Gasteiger partial charge on any atom is -0.502 e. The summed E-state index contributed by atoms with van der Waals surface area (Å²) in [5.41, 5.74) is -1.11. The summed E-state index contributed by atoms with van der Waals surface area (Å²) in [6, 6.07) is 0. The van der Waals surface area contributed by atoms with E-state index >= 15 is 0 Å². The van der Waals surface area contributed by atoms with Crippen molar-refractivity contribution >= 4 is 0 Å². The lowest BCUT2D eigenvalue weighted by molar-refractivity contribution is -0.232. The summed E-state index contributed by atoms with van der Waals surface area (Å²) < 4.78 is 5.24. The molecule has 2 N–H and O–H groups in total. The molecule has 0 saturated heterocycles. The van der Waals surface area contributed by atoms with E-state index in [-0.39, 0.29) is 5.41 Å². The van der Waals surface area contributed by atoms with E-state index in [1.165, 1.54) is 6.26 Å². The maximum atomic E-state index is 10.6. The Kier molecular flexibility index (Phi) is 2.37. The summed E-state index contributed by atoms with van der Waals surface area (Å²) in [6.07, 6.45) is 7.61. The van der Waals surface area contributed by atoms with Crippen LogP contribution in [0.15, 0.2) is 12.8 Å². The number of hydrogen-bond acceptors (Lipinski definition) is 3. The van der Waals surface area contributed by atoms with Crippen molar-refractivity contribution in [3.63, 3.8) is 0 Å². The quantitative estimate of drug-likeness (QED) is 0.581. The molecule has 3 nitrogen and oxygen atoms in total. The summed E-state index contributed by atoms with van der Waals surface area (Å²) in [5.74, 6) is 0.505. The lowest BCUT2D eigenvalue weighted by Crippen LogP contribution is -2.63. The van der Waals surface area contributed by atoms with E-state index in [9.17, 15) is 10.2 Å². The average molecular weight is 238 g/mol. The molecular formula is C14H22O3. The van der Waals surface area contributed by atoms with Gasteiger partial charge in [-0.1, -0.05) is 6.58 Å². The van der Waals surface area contributed by atoms with Crippen LogP contribution in [-0.4, -0.2) is 28.0 Å². The van der Waals surface area contributed by atoms with Crippen LogP contribution < -0.4 is 0 Å². The molecule has 4 bridgehead atoms. The third kappa shape index (κ3) is 1.89. The van der Waals surface area contributed by atoms with E-state index in [0.717, 1.165) is 38.5 Å². The zero-order valence-corrected chi connectivity index (χ0v) is 10.3. The standard InChI is InChI=1S/C14H22O3/c1-2-17-4-3-12-5-11-6-13(15,8-12)10-14(16,7-11)9-12/h2,11,15-16H,1,3-10H2. The van der Waals surface area contributed by atoms with E-state index in [1.807, 2.05) is 0 Å². The molecule has 0 aromatic heterocycles. The van der Waals surface area contributed by atoms with E-state index in [2.05, 4.69) is 6.58 Å². The molecule has 3 heteroatoms. The fourth-order valence-electron chi connectivity index (χ4n) is 5.17. The Morgan fingerprint density at radius 2 is 1.76 bits per heavy atom. The molecule has 0 aliphatic heterocycles. The summed E-state index contributed by atoms with van der Waals surface area (Å²) in [5, 5.41) is 21.1. The molecule has 0 aromatic rings. The van der Waals surface area contributed by atoms with Gasteiger partial charge >= 0.3 is 0 Å². The van der Waals surface area contributed by atoms with E-state index in [1.54, 1.807) is 0 Å². The van der Waals surface area contributed by atoms with Crippen molar-refractivity contribution in [3.05, 3.63) is 12.8 Å². The zero-order chi connectivity index (χ0) is 12.1. The first kappa shape index (κ1) is 11.5. The van der Waals surface area contributed by atoms with Gasteiger partial charge < -0.3 is 14.9 Å². The highest BCUT2D eigenvalue weighted by Gasteiger charge is 2.62. The average Bonchev–Trinajstić information content (AvgIpc) is 2.11. The monoisotopic (exact) mass is 238 g/mol. The first-order valence-corrected chi connectivity index (χ1v) is 6.64. The highest BCUT2D eigenvalue weighted by atomic mass is 16.5. The maximum Gasteiger partial charge on any atom is 0.0878 e. The lowest BCUT2D eigenvalue weighted by atomic mass is 9.45. The van der Waals surface area contributed by atoms with Gasteiger partial charge in [0.2, 0.25) is 0 Å². The second kappa shape index (κ2) is 3.48. The molecule has 96 valence electrons. The molecule has 4 aliphatic rings. The zero-order valence-electron chi connectivity index (χ0n) is 10.3. The molecule has 4 saturated carbocycles. The van der Waals surface area contributed by atoms with Crippen LogP contribution in [0.2, 0.25) is 0 Å². The molecule has 0 spiro atoms. The number of rotatable bonds is 4. The second-order valence-electron chi connectivity index (χ2n) is 6.74. The highest BCUT2D eigenvalue weighted by Crippen LogP contribution is 2.64. The molecule has 4 aliphatic carbocycles. The predicted octanol–water partition coefficient (Wildman–Crippen LogP) is 1.98. The minimum absolute atomic E-state index is 0.103. The number of hydrogen-bond donors (Lipinski definition) is 2. The molecule has 2 unspecified atom stereocenters. The van der Waals surface area contributed by atoms with Crippen LogP contribution in [0, 0.1) is 11.3 Å². The van der Waals surface area contributed by atoms with Gasteiger partial charge in [-0.15, -0.1) is 0 Å². The number of ether oxygens (including phenoxy) is 1. The lowest BCUT2D eigenvalue weighted by Gasteiger charge is -2.63. The molecule has 2 atom stereocenters. The first-order chi connectivity index (χ1) is 7.97. The molecule has 0 radical (unpaired) electrons. The Hall–Kier alpha value is -0.540. The molecule has 17 heavy (non-hydrogen) atoms. The van der Waals surface area contributed by atoms with Crippen molar-refractivity contribution in [2.24, 2.45) is 11.3 Å². The third-order valence-corrected chi connectivity index (χ3v) is 4.99. The van der Waals surface area contributed by atoms with Gasteiger partial charge in [-0.05, 0) is 49.9 Å². The van der Waals surface area contributed by atoms with Crippen LogP contribution in [0.5, 0.6) is 0 Å². The van der Waals surface area contributed by atoms with Crippen LogP contribution >= 0.6 is 0 Å². The normalized spacial score (nSPS) is 51.5. The largest absolute Gasteiger partial charge is 0.502 e. The Morgan fingerprint density at radius 3 is 2.29 bits per heavy atom. The van der Waals surface area contributed by atoms with Crippen LogP contribution in [-0.2, 0) is 4.74 Å². The summed E-state index contributed by atoms with van der Waals surface area (Å²) in [4.78, 5) is 0. The fourth-order valence-corrected chi connectivity index (χ4v) is 5.17. The van der Waals surface area contributed by atoms with Crippen molar-refractivity contribution in [1.82, 2.24) is 0 Å². The Labute approximate surface area is 102 Å². The van der Waals surface area contributed by atoms with E-state index in [0.29, 0.717) is 18.9 Å². The van der Waals surface area contributed by atoms with Gasteiger partial charge in [-0.2, -0.15) is 0 Å². The van der Waals surface area contributed by atoms with E-state index in [4.69, 9.17) is 4.74 Å². The van der Waals surface area contributed by atoms with Crippen molar-refractivity contribution in [2.75, 3.05) is 6.61 Å².